The molecule has 100 valence electrons. The van der Waals surface area contributed by atoms with E-state index in [1.54, 1.807) is 30.5 Å². The summed E-state index contributed by atoms with van der Waals surface area (Å²) in [6.07, 6.45) is 3.46. The predicted octanol–water partition coefficient (Wildman–Crippen LogP) is 1.50. The lowest BCUT2D eigenvalue weighted by atomic mass is 10.0. The van der Waals surface area contributed by atoms with E-state index >= 15 is 0 Å². The van der Waals surface area contributed by atoms with Crippen molar-refractivity contribution in [2.24, 2.45) is 0 Å². The van der Waals surface area contributed by atoms with E-state index in [4.69, 9.17) is 5.26 Å². The topological polar surface area (TPSA) is 70.7 Å². The van der Waals surface area contributed by atoms with Crippen LogP contribution in [0, 0.1) is 11.3 Å². The molecule has 0 radical (unpaired) electrons. The maximum absolute atomic E-state index is 12.2. The molecule has 1 amide bonds. The SMILES string of the molecule is N#Cc1cccc(C(=O)N[C@@H]2CCn3nccc3C2)c1. The molecule has 5 nitrogen and oxygen atoms in total. The molecule has 0 aliphatic carbocycles. The lowest BCUT2D eigenvalue weighted by Gasteiger charge is -2.24. The Balaban J connectivity index is 1.69. The Labute approximate surface area is 116 Å². The Morgan fingerprint density at radius 2 is 2.35 bits per heavy atom. The molecule has 0 saturated carbocycles. The Hall–Kier alpha value is -2.61. The first-order valence-electron chi connectivity index (χ1n) is 6.58. The number of nitriles is 1. The highest BCUT2D eigenvalue weighted by atomic mass is 16.1. The van der Waals surface area contributed by atoms with Crippen LogP contribution >= 0.6 is 0 Å². The highest BCUT2D eigenvalue weighted by Crippen LogP contribution is 2.14. The lowest BCUT2D eigenvalue weighted by Crippen LogP contribution is -2.40. The standard InChI is InChI=1S/C15H14N4O/c16-10-11-2-1-3-12(8-11)15(20)18-13-5-7-19-14(9-13)4-6-17-19/h1-4,6,8,13H,5,7,9H2,(H,18,20)/t13-/m1/s1. The molecule has 1 aliphatic heterocycles. The zero-order valence-corrected chi connectivity index (χ0v) is 10.9. The van der Waals surface area contributed by atoms with Crippen molar-refractivity contribution in [1.82, 2.24) is 15.1 Å². The first kappa shape index (κ1) is 12.4. The molecule has 2 heterocycles. The number of aromatic nitrogens is 2. The van der Waals surface area contributed by atoms with Crippen molar-refractivity contribution in [1.29, 1.82) is 5.26 Å². The summed E-state index contributed by atoms with van der Waals surface area (Å²) in [6, 6.07) is 10.9. The fourth-order valence-electron chi connectivity index (χ4n) is 2.49. The molecule has 0 unspecified atom stereocenters. The Morgan fingerprint density at radius 3 is 3.20 bits per heavy atom. The van der Waals surface area contributed by atoms with Crippen LogP contribution in [-0.4, -0.2) is 21.7 Å². The van der Waals surface area contributed by atoms with Crippen LogP contribution in [0.25, 0.3) is 0 Å². The molecule has 1 atom stereocenters. The summed E-state index contributed by atoms with van der Waals surface area (Å²) in [7, 11) is 0. The first-order valence-corrected chi connectivity index (χ1v) is 6.58. The zero-order chi connectivity index (χ0) is 13.9. The van der Waals surface area contributed by atoms with Crippen molar-refractivity contribution < 1.29 is 4.79 Å². The molecule has 3 rings (SSSR count). The van der Waals surface area contributed by atoms with Crippen molar-refractivity contribution in [3.05, 3.63) is 53.3 Å². The number of aryl methyl sites for hydroxylation is 1. The third-order valence-corrected chi connectivity index (χ3v) is 3.54. The van der Waals surface area contributed by atoms with E-state index in [0.717, 1.165) is 25.1 Å². The van der Waals surface area contributed by atoms with Gasteiger partial charge in [0.2, 0.25) is 0 Å². The highest BCUT2D eigenvalue weighted by Gasteiger charge is 2.20. The van der Waals surface area contributed by atoms with Crippen molar-refractivity contribution >= 4 is 5.91 Å². The third kappa shape index (κ3) is 2.41. The molecule has 1 aromatic heterocycles. The largest absolute Gasteiger partial charge is 0.349 e. The number of carbonyl (C=O) groups excluding carboxylic acids is 1. The molecule has 0 bridgehead atoms. The summed E-state index contributed by atoms with van der Waals surface area (Å²) >= 11 is 0. The van der Waals surface area contributed by atoms with Gasteiger partial charge in [-0.25, -0.2) is 0 Å². The number of hydrogen-bond acceptors (Lipinski definition) is 3. The molecule has 2 aromatic rings. The molecule has 1 aliphatic rings. The highest BCUT2D eigenvalue weighted by molar-refractivity contribution is 5.94. The van der Waals surface area contributed by atoms with Crippen molar-refractivity contribution in [3.8, 4) is 6.07 Å². The molecule has 1 N–H and O–H groups in total. The first-order chi connectivity index (χ1) is 9.76. The minimum atomic E-state index is -0.125. The molecular formula is C15H14N4O. The average Bonchev–Trinajstić information content (AvgIpc) is 2.95. The van der Waals surface area contributed by atoms with Gasteiger partial charge in [-0.05, 0) is 30.7 Å². The number of amides is 1. The van der Waals surface area contributed by atoms with Gasteiger partial charge in [-0.1, -0.05) is 6.07 Å². The maximum atomic E-state index is 12.2. The van der Waals surface area contributed by atoms with Gasteiger partial charge in [0.1, 0.15) is 0 Å². The number of rotatable bonds is 2. The molecule has 5 heteroatoms. The Morgan fingerprint density at radius 1 is 1.45 bits per heavy atom. The molecule has 20 heavy (non-hydrogen) atoms. The smallest absolute Gasteiger partial charge is 0.251 e. The van der Waals surface area contributed by atoms with Crippen LogP contribution < -0.4 is 5.32 Å². The number of nitrogens with one attached hydrogen (secondary N) is 1. The monoisotopic (exact) mass is 266 g/mol. The van der Waals surface area contributed by atoms with Crippen molar-refractivity contribution in [2.75, 3.05) is 0 Å². The normalized spacial score (nSPS) is 17.1. The van der Waals surface area contributed by atoms with Gasteiger partial charge >= 0.3 is 0 Å². The van der Waals surface area contributed by atoms with Gasteiger partial charge in [-0.15, -0.1) is 0 Å². The van der Waals surface area contributed by atoms with Gasteiger partial charge in [0, 0.05) is 36.5 Å². The fraction of sp³-hybridized carbons (Fsp3) is 0.267. The maximum Gasteiger partial charge on any atom is 0.251 e. The minimum Gasteiger partial charge on any atom is -0.349 e. The quantitative estimate of drug-likeness (QED) is 0.895. The summed E-state index contributed by atoms with van der Waals surface area (Å²) < 4.78 is 1.97. The zero-order valence-electron chi connectivity index (χ0n) is 10.9. The second kappa shape index (κ2) is 5.17. The number of benzene rings is 1. The van der Waals surface area contributed by atoms with Crippen molar-refractivity contribution in [2.45, 2.75) is 25.4 Å². The van der Waals surface area contributed by atoms with Gasteiger partial charge in [0.15, 0.2) is 0 Å². The van der Waals surface area contributed by atoms with Gasteiger partial charge in [-0.2, -0.15) is 10.4 Å². The summed E-state index contributed by atoms with van der Waals surface area (Å²) in [6.45, 7) is 0.825. The van der Waals surface area contributed by atoms with Crippen molar-refractivity contribution in [3.63, 3.8) is 0 Å². The number of fused-ring (bicyclic) bond motifs is 1. The van der Waals surface area contributed by atoms with E-state index in [1.807, 2.05) is 16.8 Å². The van der Waals surface area contributed by atoms with Crippen LogP contribution in [0.5, 0.6) is 0 Å². The van der Waals surface area contributed by atoms with Crippen LogP contribution in [0.4, 0.5) is 0 Å². The minimum absolute atomic E-state index is 0.123. The van der Waals surface area contributed by atoms with Crippen LogP contribution in [0.1, 0.15) is 28.0 Å². The van der Waals surface area contributed by atoms with E-state index < -0.39 is 0 Å². The summed E-state index contributed by atoms with van der Waals surface area (Å²) in [5.74, 6) is -0.125. The Bertz CT molecular complexity index is 683. The molecule has 0 fully saturated rings. The second-order valence-corrected chi connectivity index (χ2v) is 4.90. The van der Waals surface area contributed by atoms with Crippen LogP contribution in [-0.2, 0) is 13.0 Å². The summed E-state index contributed by atoms with van der Waals surface area (Å²) in [5, 5.41) is 16.1. The van der Waals surface area contributed by atoms with Crippen LogP contribution in [0.2, 0.25) is 0 Å². The Kier molecular flexibility index (Phi) is 3.21. The van der Waals surface area contributed by atoms with Gasteiger partial charge < -0.3 is 5.32 Å². The van der Waals surface area contributed by atoms with E-state index in [2.05, 4.69) is 10.4 Å². The molecule has 1 aromatic carbocycles. The van der Waals surface area contributed by atoms with E-state index in [9.17, 15) is 4.79 Å². The number of carbonyl (C=O) groups is 1. The molecular weight excluding hydrogens is 252 g/mol. The van der Waals surface area contributed by atoms with E-state index in [0.29, 0.717) is 11.1 Å². The average molecular weight is 266 g/mol. The number of hydrogen-bond donors (Lipinski definition) is 1. The fourth-order valence-corrected chi connectivity index (χ4v) is 2.49. The summed E-state index contributed by atoms with van der Waals surface area (Å²) in [5.41, 5.74) is 2.18. The summed E-state index contributed by atoms with van der Waals surface area (Å²) in [4.78, 5) is 12.2. The van der Waals surface area contributed by atoms with Crippen LogP contribution in [0.15, 0.2) is 36.5 Å². The van der Waals surface area contributed by atoms with Gasteiger partial charge in [-0.3, -0.25) is 9.48 Å². The lowest BCUT2D eigenvalue weighted by molar-refractivity contribution is 0.0930. The van der Waals surface area contributed by atoms with E-state index in [1.165, 1.54) is 0 Å². The van der Waals surface area contributed by atoms with Gasteiger partial charge in [0.25, 0.3) is 5.91 Å². The van der Waals surface area contributed by atoms with Crippen LogP contribution in [0.3, 0.4) is 0 Å². The molecule has 0 spiro atoms. The third-order valence-electron chi connectivity index (χ3n) is 3.54. The number of nitrogens with zero attached hydrogens (tertiary/aromatic N) is 3. The van der Waals surface area contributed by atoms with Gasteiger partial charge in [0.05, 0.1) is 11.6 Å². The predicted molar refractivity (Wildman–Crippen MR) is 73.0 cm³/mol. The second-order valence-electron chi connectivity index (χ2n) is 4.90. The van der Waals surface area contributed by atoms with E-state index in [-0.39, 0.29) is 11.9 Å². The molecule has 0 saturated heterocycles.